The van der Waals surface area contributed by atoms with Crippen molar-refractivity contribution in [2.45, 2.75) is 13.0 Å². The Bertz CT molecular complexity index is 698. The molecule has 0 atom stereocenters. The van der Waals surface area contributed by atoms with Gasteiger partial charge >= 0.3 is 0 Å². The van der Waals surface area contributed by atoms with Gasteiger partial charge in [-0.1, -0.05) is 6.07 Å². The first-order valence-electron chi connectivity index (χ1n) is 8.53. The number of hydrogen-bond acceptors (Lipinski definition) is 6. The molecule has 126 valence electrons. The zero-order valence-corrected chi connectivity index (χ0v) is 14.0. The van der Waals surface area contributed by atoms with Crippen LogP contribution in [-0.2, 0) is 13.0 Å². The second-order valence-electron chi connectivity index (χ2n) is 6.20. The van der Waals surface area contributed by atoms with Crippen molar-refractivity contribution in [3.8, 4) is 5.75 Å². The van der Waals surface area contributed by atoms with Crippen LogP contribution in [0.15, 0.2) is 30.6 Å². The highest BCUT2D eigenvalue weighted by atomic mass is 16.5. The van der Waals surface area contributed by atoms with Crippen molar-refractivity contribution in [1.29, 1.82) is 0 Å². The summed E-state index contributed by atoms with van der Waals surface area (Å²) in [5.41, 5.74) is 4.12. The summed E-state index contributed by atoms with van der Waals surface area (Å²) in [7, 11) is 1.76. The van der Waals surface area contributed by atoms with Crippen molar-refractivity contribution in [2.24, 2.45) is 0 Å². The summed E-state index contributed by atoms with van der Waals surface area (Å²) in [6.07, 6.45) is 4.67. The minimum Gasteiger partial charge on any atom is -0.495 e. The Morgan fingerprint density at radius 3 is 2.54 bits per heavy atom. The van der Waals surface area contributed by atoms with Gasteiger partial charge in [-0.25, -0.2) is 9.97 Å². The molecule has 1 aromatic heterocycles. The Morgan fingerprint density at radius 1 is 1.04 bits per heavy atom. The largest absolute Gasteiger partial charge is 0.495 e. The summed E-state index contributed by atoms with van der Waals surface area (Å²) in [5, 5.41) is 3.45. The lowest BCUT2D eigenvalue weighted by Gasteiger charge is -2.38. The van der Waals surface area contributed by atoms with E-state index < -0.39 is 0 Å². The maximum Gasteiger partial charge on any atom is 0.225 e. The van der Waals surface area contributed by atoms with Crippen LogP contribution in [0, 0.1) is 0 Å². The van der Waals surface area contributed by atoms with Crippen LogP contribution in [-0.4, -0.2) is 49.8 Å². The number of ether oxygens (including phenoxy) is 1. The Morgan fingerprint density at radius 2 is 1.79 bits per heavy atom. The summed E-state index contributed by atoms with van der Waals surface area (Å²) in [6.45, 7) is 5.75. The fraction of sp³-hybridized carbons (Fsp3) is 0.444. The summed E-state index contributed by atoms with van der Waals surface area (Å²) in [4.78, 5) is 13.4. The first kappa shape index (κ1) is 15.2. The van der Waals surface area contributed by atoms with Crippen LogP contribution in [0.5, 0.6) is 5.75 Å². The molecule has 2 aromatic rings. The van der Waals surface area contributed by atoms with E-state index in [1.54, 1.807) is 19.5 Å². The average molecular weight is 325 g/mol. The van der Waals surface area contributed by atoms with Gasteiger partial charge in [0.05, 0.1) is 12.8 Å². The van der Waals surface area contributed by atoms with Crippen molar-refractivity contribution in [3.63, 3.8) is 0 Å². The number of anilines is 2. The van der Waals surface area contributed by atoms with E-state index >= 15 is 0 Å². The summed E-state index contributed by atoms with van der Waals surface area (Å²) < 4.78 is 5.68. The Kier molecular flexibility index (Phi) is 4.21. The topological polar surface area (TPSA) is 53.5 Å². The lowest BCUT2D eigenvalue weighted by atomic mass is 9.97. The van der Waals surface area contributed by atoms with Crippen LogP contribution < -0.4 is 19.9 Å². The molecule has 1 N–H and O–H groups in total. The molecule has 3 heterocycles. The molecule has 0 unspecified atom stereocenters. The molecule has 1 aromatic carbocycles. The van der Waals surface area contributed by atoms with Crippen LogP contribution in [0.2, 0.25) is 0 Å². The fourth-order valence-corrected chi connectivity index (χ4v) is 3.63. The highest BCUT2D eigenvalue weighted by Crippen LogP contribution is 2.36. The monoisotopic (exact) mass is 325 g/mol. The van der Waals surface area contributed by atoms with Crippen molar-refractivity contribution >= 4 is 11.6 Å². The van der Waals surface area contributed by atoms with Gasteiger partial charge < -0.3 is 19.9 Å². The van der Waals surface area contributed by atoms with Gasteiger partial charge in [-0.3, -0.25) is 0 Å². The minimum atomic E-state index is 0.823. The van der Waals surface area contributed by atoms with Gasteiger partial charge in [-0.15, -0.1) is 0 Å². The normalized spacial score (nSPS) is 17.5. The highest BCUT2D eigenvalue weighted by Gasteiger charge is 2.25. The SMILES string of the molecule is COc1ccc2c(c1N1CCN(c3ncccn3)CC1)CCNC2. The number of rotatable bonds is 3. The molecule has 0 amide bonds. The van der Waals surface area contributed by atoms with E-state index in [4.69, 9.17) is 4.74 Å². The van der Waals surface area contributed by atoms with E-state index in [9.17, 15) is 0 Å². The Hall–Kier alpha value is -2.34. The van der Waals surface area contributed by atoms with Gasteiger partial charge in [0, 0.05) is 45.1 Å². The summed E-state index contributed by atoms with van der Waals surface area (Å²) >= 11 is 0. The van der Waals surface area contributed by atoms with Crippen molar-refractivity contribution in [3.05, 3.63) is 41.7 Å². The van der Waals surface area contributed by atoms with Gasteiger partial charge in [0.2, 0.25) is 5.95 Å². The quantitative estimate of drug-likeness (QED) is 0.922. The molecule has 1 saturated heterocycles. The van der Waals surface area contributed by atoms with E-state index in [-0.39, 0.29) is 0 Å². The highest BCUT2D eigenvalue weighted by molar-refractivity contribution is 5.67. The van der Waals surface area contributed by atoms with E-state index in [0.29, 0.717) is 0 Å². The molecule has 24 heavy (non-hydrogen) atoms. The number of nitrogens with one attached hydrogen (secondary N) is 1. The third kappa shape index (κ3) is 2.78. The lowest BCUT2D eigenvalue weighted by Crippen LogP contribution is -2.47. The number of piperazine rings is 1. The van der Waals surface area contributed by atoms with Crippen molar-refractivity contribution in [1.82, 2.24) is 15.3 Å². The Balaban J connectivity index is 1.57. The molecular weight excluding hydrogens is 302 g/mol. The lowest BCUT2D eigenvalue weighted by molar-refractivity contribution is 0.412. The second kappa shape index (κ2) is 6.65. The van der Waals surface area contributed by atoms with E-state index in [0.717, 1.165) is 57.4 Å². The Labute approximate surface area is 142 Å². The predicted octanol–water partition coefficient (Wildman–Crippen LogP) is 1.46. The second-order valence-corrected chi connectivity index (χ2v) is 6.20. The molecule has 0 saturated carbocycles. The predicted molar refractivity (Wildman–Crippen MR) is 94.9 cm³/mol. The third-order valence-electron chi connectivity index (χ3n) is 4.86. The molecule has 1 fully saturated rings. The molecule has 0 radical (unpaired) electrons. The minimum absolute atomic E-state index is 0.823. The molecule has 2 aliphatic heterocycles. The van der Waals surface area contributed by atoms with Crippen LogP contribution in [0.3, 0.4) is 0 Å². The van der Waals surface area contributed by atoms with Gasteiger partial charge in [0.15, 0.2) is 0 Å². The number of nitrogens with zero attached hydrogens (tertiary/aromatic N) is 4. The smallest absolute Gasteiger partial charge is 0.225 e. The van der Waals surface area contributed by atoms with Gasteiger partial charge in [-0.2, -0.15) is 0 Å². The average Bonchev–Trinajstić information content (AvgIpc) is 2.68. The van der Waals surface area contributed by atoms with E-state index in [1.165, 1.54) is 16.8 Å². The molecule has 6 nitrogen and oxygen atoms in total. The molecule has 6 heteroatoms. The maximum absolute atomic E-state index is 5.68. The summed E-state index contributed by atoms with van der Waals surface area (Å²) in [5.74, 6) is 1.81. The van der Waals surface area contributed by atoms with Crippen LogP contribution in [0.25, 0.3) is 0 Å². The van der Waals surface area contributed by atoms with E-state index in [1.807, 2.05) is 6.07 Å². The summed E-state index contributed by atoms with van der Waals surface area (Å²) in [6, 6.07) is 6.15. The van der Waals surface area contributed by atoms with Crippen LogP contribution >= 0.6 is 0 Å². The third-order valence-corrected chi connectivity index (χ3v) is 4.86. The molecule has 2 aliphatic rings. The first-order chi connectivity index (χ1) is 11.9. The number of benzene rings is 1. The van der Waals surface area contributed by atoms with Crippen LogP contribution in [0.4, 0.5) is 11.6 Å². The molecular formula is C18H23N5O. The van der Waals surface area contributed by atoms with Crippen molar-refractivity contribution < 1.29 is 4.74 Å². The number of hydrogen-bond donors (Lipinski definition) is 1. The van der Waals surface area contributed by atoms with Gasteiger partial charge in [0.25, 0.3) is 0 Å². The molecule has 0 spiro atoms. The number of methoxy groups -OCH3 is 1. The molecule has 0 bridgehead atoms. The standard InChI is InChI=1S/C18H23N5O/c1-24-16-4-3-14-13-19-8-5-15(14)17(16)22-9-11-23(12-10-22)18-20-6-2-7-21-18/h2-4,6-7,19H,5,8-13H2,1H3. The van der Waals surface area contributed by atoms with Gasteiger partial charge in [-0.05, 0) is 36.2 Å². The van der Waals surface area contributed by atoms with E-state index in [2.05, 4.69) is 37.2 Å². The fourth-order valence-electron chi connectivity index (χ4n) is 3.63. The molecule has 0 aliphatic carbocycles. The first-order valence-corrected chi connectivity index (χ1v) is 8.53. The number of fused-ring (bicyclic) bond motifs is 1. The maximum atomic E-state index is 5.68. The molecule has 4 rings (SSSR count). The van der Waals surface area contributed by atoms with Crippen LogP contribution in [0.1, 0.15) is 11.1 Å². The zero-order chi connectivity index (χ0) is 16.4. The number of aromatic nitrogens is 2. The zero-order valence-electron chi connectivity index (χ0n) is 14.0. The van der Waals surface area contributed by atoms with Crippen molar-refractivity contribution in [2.75, 3.05) is 49.6 Å². The van der Waals surface area contributed by atoms with Gasteiger partial charge in [0.1, 0.15) is 5.75 Å².